The van der Waals surface area contributed by atoms with Gasteiger partial charge in [-0.2, -0.15) is 5.10 Å². The van der Waals surface area contributed by atoms with Gasteiger partial charge in [0.15, 0.2) is 5.13 Å². The van der Waals surface area contributed by atoms with E-state index in [1.807, 2.05) is 38.1 Å². The van der Waals surface area contributed by atoms with Crippen LogP contribution in [0.5, 0.6) is 0 Å². The Balaban J connectivity index is 1.72. The SMILES string of the molecule is Cc1cc(C)c2sc(N(Cc3ccccn3)C(=O)Cn3nc(C)cc3C)nc2c1. The third kappa shape index (κ3) is 4.05. The average molecular weight is 406 g/mol. The van der Waals surface area contributed by atoms with Crippen molar-refractivity contribution >= 4 is 32.6 Å². The van der Waals surface area contributed by atoms with Gasteiger partial charge in [0.2, 0.25) is 0 Å². The summed E-state index contributed by atoms with van der Waals surface area (Å²) in [5, 5.41) is 5.12. The minimum absolute atomic E-state index is 0.0599. The van der Waals surface area contributed by atoms with Crippen LogP contribution in [0.15, 0.2) is 42.6 Å². The summed E-state index contributed by atoms with van der Waals surface area (Å²) in [4.78, 5) is 24.2. The molecule has 1 amide bonds. The predicted octanol–water partition coefficient (Wildman–Crippen LogP) is 4.35. The number of thiazole rings is 1. The van der Waals surface area contributed by atoms with Crippen molar-refractivity contribution in [2.45, 2.75) is 40.8 Å². The van der Waals surface area contributed by atoms with E-state index in [1.165, 1.54) is 5.56 Å². The van der Waals surface area contributed by atoms with E-state index in [1.54, 1.807) is 27.1 Å². The maximum Gasteiger partial charge on any atom is 0.250 e. The van der Waals surface area contributed by atoms with Gasteiger partial charge in [0.05, 0.1) is 28.1 Å². The third-order valence-electron chi connectivity index (χ3n) is 4.78. The van der Waals surface area contributed by atoms with Gasteiger partial charge in [-0.05, 0) is 63.1 Å². The molecular weight excluding hydrogens is 382 g/mol. The van der Waals surface area contributed by atoms with E-state index in [0.29, 0.717) is 11.7 Å². The monoisotopic (exact) mass is 405 g/mol. The van der Waals surface area contributed by atoms with E-state index in [0.717, 1.165) is 32.9 Å². The lowest BCUT2D eigenvalue weighted by atomic mass is 10.1. The summed E-state index contributed by atoms with van der Waals surface area (Å²) < 4.78 is 2.85. The van der Waals surface area contributed by atoms with Crippen LogP contribution in [0.3, 0.4) is 0 Å². The number of carbonyl (C=O) groups is 1. The molecule has 4 rings (SSSR count). The molecule has 0 unspecified atom stereocenters. The first-order valence-corrected chi connectivity index (χ1v) is 10.3. The summed E-state index contributed by atoms with van der Waals surface area (Å²) in [5.41, 5.74) is 5.94. The van der Waals surface area contributed by atoms with Crippen molar-refractivity contribution in [1.82, 2.24) is 19.7 Å². The smallest absolute Gasteiger partial charge is 0.250 e. The standard InChI is InChI=1S/C22H23N5OS/c1-14-9-15(2)21-19(10-14)24-22(29-21)26(12-18-7-5-6-8-23-18)20(28)13-27-17(4)11-16(3)25-27/h5-11H,12-13H2,1-4H3. The van der Waals surface area contributed by atoms with Crippen LogP contribution in [-0.2, 0) is 17.9 Å². The molecule has 0 bridgehead atoms. The van der Waals surface area contributed by atoms with Gasteiger partial charge in [0.1, 0.15) is 6.54 Å². The zero-order valence-corrected chi connectivity index (χ0v) is 17.8. The topological polar surface area (TPSA) is 63.9 Å². The number of fused-ring (bicyclic) bond motifs is 1. The number of pyridine rings is 1. The fourth-order valence-electron chi connectivity index (χ4n) is 3.44. The Kier molecular flexibility index (Phi) is 5.15. The molecule has 148 valence electrons. The highest BCUT2D eigenvalue weighted by Gasteiger charge is 2.22. The number of aromatic nitrogens is 4. The van der Waals surface area contributed by atoms with Crippen LogP contribution in [0.1, 0.15) is 28.2 Å². The molecular formula is C22H23N5OS. The van der Waals surface area contributed by atoms with Crippen LogP contribution < -0.4 is 4.90 Å². The second kappa shape index (κ2) is 7.75. The number of anilines is 1. The zero-order valence-electron chi connectivity index (χ0n) is 17.0. The second-order valence-corrected chi connectivity index (χ2v) is 8.29. The zero-order chi connectivity index (χ0) is 20.5. The summed E-state index contributed by atoms with van der Waals surface area (Å²) >= 11 is 1.54. The van der Waals surface area contributed by atoms with Gasteiger partial charge in [-0.1, -0.05) is 23.5 Å². The van der Waals surface area contributed by atoms with Gasteiger partial charge < -0.3 is 0 Å². The first-order chi connectivity index (χ1) is 13.9. The molecule has 0 saturated carbocycles. The Morgan fingerprint density at radius 2 is 1.97 bits per heavy atom. The lowest BCUT2D eigenvalue weighted by Gasteiger charge is -2.20. The highest BCUT2D eigenvalue weighted by atomic mass is 32.1. The molecule has 4 aromatic rings. The number of hydrogen-bond acceptors (Lipinski definition) is 5. The lowest BCUT2D eigenvalue weighted by Crippen LogP contribution is -2.34. The molecule has 0 aliphatic heterocycles. The van der Waals surface area contributed by atoms with Gasteiger partial charge in [-0.3, -0.25) is 19.4 Å². The molecule has 6 nitrogen and oxygen atoms in total. The number of amides is 1. The molecule has 0 radical (unpaired) electrons. The maximum absolute atomic E-state index is 13.3. The fourth-order valence-corrected chi connectivity index (χ4v) is 4.48. The molecule has 29 heavy (non-hydrogen) atoms. The van der Waals surface area contributed by atoms with Gasteiger partial charge in [-0.15, -0.1) is 0 Å². The number of carbonyl (C=O) groups excluding carboxylic acids is 1. The molecule has 3 heterocycles. The van der Waals surface area contributed by atoms with Crippen molar-refractivity contribution in [2.24, 2.45) is 0 Å². The van der Waals surface area contributed by atoms with Crippen molar-refractivity contribution in [2.75, 3.05) is 4.90 Å². The van der Waals surface area contributed by atoms with Crippen molar-refractivity contribution in [3.63, 3.8) is 0 Å². The maximum atomic E-state index is 13.3. The molecule has 3 aromatic heterocycles. The van der Waals surface area contributed by atoms with Crippen LogP contribution in [0.4, 0.5) is 5.13 Å². The summed E-state index contributed by atoms with van der Waals surface area (Å²) in [6.45, 7) is 8.57. The summed E-state index contributed by atoms with van der Waals surface area (Å²) in [5.74, 6) is -0.0599. The molecule has 0 N–H and O–H groups in total. The first kappa shape index (κ1) is 19.3. The minimum Gasteiger partial charge on any atom is -0.280 e. The van der Waals surface area contributed by atoms with Gasteiger partial charge in [-0.25, -0.2) is 4.98 Å². The predicted molar refractivity (Wildman–Crippen MR) is 116 cm³/mol. The van der Waals surface area contributed by atoms with Crippen molar-refractivity contribution < 1.29 is 4.79 Å². The number of hydrogen-bond donors (Lipinski definition) is 0. The molecule has 0 fully saturated rings. The van der Waals surface area contributed by atoms with E-state index in [4.69, 9.17) is 4.98 Å². The van der Waals surface area contributed by atoms with Crippen molar-refractivity contribution in [3.05, 3.63) is 70.8 Å². The normalized spacial score (nSPS) is 11.2. The van der Waals surface area contributed by atoms with E-state index >= 15 is 0 Å². The molecule has 0 aliphatic carbocycles. The first-order valence-electron chi connectivity index (χ1n) is 9.50. The summed E-state index contributed by atoms with van der Waals surface area (Å²) in [6, 6.07) is 11.9. The molecule has 0 spiro atoms. The molecule has 7 heteroatoms. The highest BCUT2D eigenvalue weighted by Crippen LogP contribution is 2.33. The second-order valence-electron chi connectivity index (χ2n) is 7.31. The van der Waals surface area contributed by atoms with Crippen LogP contribution in [0.25, 0.3) is 10.2 Å². The third-order valence-corrected chi connectivity index (χ3v) is 6.00. The van der Waals surface area contributed by atoms with Crippen LogP contribution >= 0.6 is 11.3 Å². The lowest BCUT2D eigenvalue weighted by molar-refractivity contribution is -0.119. The Morgan fingerprint density at radius 1 is 1.14 bits per heavy atom. The summed E-state index contributed by atoms with van der Waals surface area (Å²) in [6.07, 6.45) is 1.74. The number of aryl methyl sites for hydroxylation is 4. The van der Waals surface area contributed by atoms with E-state index in [2.05, 4.69) is 36.1 Å². The summed E-state index contributed by atoms with van der Waals surface area (Å²) in [7, 11) is 0. The minimum atomic E-state index is -0.0599. The van der Waals surface area contributed by atoms with Gasteiger partial charge in [0.25, 0.3) is 5.91 Å². The van der Waals surface area contributed by atoms with Gasteiger partial charge in [0, 0.05) is 11.9 Å². The van der Waals surface area contributed by atoms with Gasteiger partial charge >= 0.3 is 0 Å². The van der Waals surface area contributed by atoms with E-state index in [9.17, 15) is 4.79 Å². The molecule has 1 aromatic carbocycles. The average Bonchev–Trinajstić information content (AvgIpc) is 3.23. The fraction of sp³-hybridized carbons (Fsp3) is 0.273. The number of nitrogens with zero attached hydrogens (tertiary/aromatic N) is 5. The van der Waals surface area contributed by atoms with Crippen molar-refractivity contribution in [3.8, 4) is 0 Å². The Labute approximate surface area is 173 Å². The van der Waals surface area contributed by atoms with E-state index in [-0.39, 0.29) is 12.5 Å². The van der Waals surface area contributed by atoms with Crippen molar-refractivity contribution in [1.29, 1.82) is 0 Å². The van der Waals surface area contributed by atoms with Crippen LogP contribution in [-0.4, -0.2) is 25.7 Å². The Hall–Kier alpha value is -3.06. The van der Waals surface area contributed by atoms with Crippen LogP contribution in [0, 0.1) is 27.7 Å². The Bertz CT molecular complexity index is 1180. The van der Waals surface area contributed by atoms with Crippen LogP contribution in [0.2, 0.25) is 0 Å². The largest absolute Gasteiger partial charge is 0.280 e. The highest BCUT2D eigenvalue weighted by molar-refractivity contribution is 7.22. The number of rotatable bonds is 5. The quantitative estimate of drug-likeness (QED) is 0.495. The molecule has 0 atom stereocenters. The number of benzene rings is 1. The molecule has 0 aliphatic rings. The Morgan fingerprint density at radius 3 is 2.66 bits per heavy atom. The molecule has 0 saturated heterocycles. The van der Waals surface area contributed by atoms with E-state index < -0.39 is 0 Å².